The van der Waals surface area contributed by atoms with Gasteiger partial charge in [-0.3, -0.25) is 5.41 Å². The smallest absolute Gasteiger partial charge is 0.0920 e. The highest BCUT2D eigenvalue weighted by molar-refractivity contribution is 5.77. The molecule has 3 heteroatoms. The summed E-state index contributed by atoms with van der Waals surface area (Å²) in [5.41, 5.74) is 5.36. The van der Waals surface area contributed by atoms with Crippen LogP contribution in [-0.2, 0) is 0 Å². The van der Waals surface area contributed by atoms with Gasteiger partial charge in [0.05, 0.1) is 5.84 Å². The average Bonchev–Trinajstić information content (AvgIpc) is 2.02. The lowest BCUT2D eigenvalue weighted by Gasteiger charge is -2.30. The quantitative estimate of drug-likeness (QED) is 0.490. The maximum absolute atomic E-state index is 7.21. The van der Waals surface area contributed by atoms with Crippen molar-refractivity contribution in [1.29, 1.82) is 5.41 Å². The summed E-state index contributed by atoms with van der Waals surface area (Å²) in [6.45, 7) is 6.54. The van der Waals surface area contributed by atoms with Gasteiger partial charge in [-0.2, -0.15) is 0 Å². The topological polar surface area (TPSA) is 53.1 Å². The van der Waals surface area contributed by atoms with Crippen LogP contribution in [0.2, 0.25) is 0 Å². The van der Waals surface area contributed by atoms with Crippen LogP contribution in [-0.4, -0.2) is 29.9 Å². The van der Waals surface area contributed by atoms with Gasteiger partial charge in [-0.15, -0.1) is 0 Å². The molecule has 2 atom stereocenters. The Morgan fingerprint density at radius 2 is 1.92 bits per heavy atom. The van der Waals surface area contributed by atoms with Crippen molar-refractivity contribution in [3.8, 4) is 0 Å². The normalized spacial score (nSPS) is 15.8. The number of amidine groups is 1. The van der Waals surface area contributed by atoms with Crippen LogP contribution in [0.25, 0.3) is 0 Å². The Bertz CT molecular complexity index is 156. The summed E-state index contributed by atoms with van der Waals surface area (Å²) in [7, 11) is 2.11. The van der Waals surface area contributed by atoms with Gasteiger partial charge < -0.3 is 10.6 Å². The summed E-state index contributed by atoms with van der Waals surface area (Å²) in [5.74, 6) is 0.281. The molecule has 0 aliphatic rings. The second-order valence-corrected chi connectivity index (χ2v) is 3.88. The first kappa shape index (κ1) is 12.4. The minimum absolute atomic E-state index is 0.281. The molecule has 0 saturated heterocycles. The van der Waals surface area contributed by atoms with Crippen molar-refractivity contribution in [1.82, 2.24) is 4.90 Å². The van der Waals surface area contributed by atoms with E-state index in [0.717, 1.165) is 0 Å². The van der Waals surface area contributed by atoms with E-state index in [2.05, 4.69) is 32.7 Å². The van der Waals surface area contributed by atoms with Gasteiger partial charge in [0.1, 0.15) is 0 Å². The van der Waals surface area contributed by atoms with Gasteiger partial charge in [0, 0.05) is 18.5 Å². The van der Waals surface area contributed by atoms with Crippen LogP contribution in [0.3, 0.4) is 0 Å². The summed E-state index contributed by atoms with van der Waals surface area (Å²) in [5, 5.41) is 7.21. The molecule has 13 heavy (non-hydrogen) atoms. The molecule has 3 N–H and O–H groups in total. The molecule has 0 aromatic carbocycles. The Kier molecular flexibility index (Phi) is 5.71. The third kappa shape index (κ3) is 4.88. The predicted octanol–water partition coefficient (Wildman–Crippen LogP) is 1.82. The molecule has 0 saturated carbocycles. The van der Waals surface area contributed by atoms with Crippen LogP contribution in [0.5, 0.6) is 0 Å². The molecule has 0 fully saturated rings. The molecule has 0 aliphatic carbocycles. The minimum Gasteiger partial charge on any atom is -0.388 e. The predicted molar refractivity (Wildman–Crippen MR) is 58.1 cm³/mol. The molecular formula is C10H23N3. The van der Waals surface area contributed by atoms with E-state index in [1.54, 1.807) is 0 Å². The van der Waals surface area contributed by atoms with Crippen molar-refractivity contribution in [3.05, 3.63) is 0 Å². The molecule has 0 heterocycles. The highest BCUT2D eigenvalue weighted by Gasteiger charge is 2.15. The van der Waals surface area contributed by atoms with Crippen LogP contribution in [0.1, 0.15) is 40.0 Å². The van der Waals surface area contributed by atoms with Crippen molar-refractivity contribution >= 4 is 5.84 Å². The van der Waals surface area contributed by atoms with Crippen molar-refractivity contribution in [2.45, 2.75) is 52.1 Å². The third-order valence-electron chi connectivity index (χ3n) is 2.61. The number of hydrogen-bond acceptors (Lipinski definition) is 2. The Balaban J connectivity index is 3.92. The molecule has 0 aromatic heterocycles. The second-order valence-electron chi connectivity index (χ2n) is 3.88. The first-order valence-electron chi connectivity index (χ1n) is 5.03. The lowest BCUT2D eigenvalue weighted by molar-refractivity contribution is 0.190. The van der Waals surface area contributed by atoms with Gasteiger partial charge in [0.15, 0.2) is 0 Å². The largest absolute Gasteiger partial charge is 0.388 e. The number of hydrogen-bond donors (Lipinski definition) is 2. The van der Waals surface area contributed by atoms with E-state index in [1.807, 2.05) is 0 Å². The SMILES string of the molecule is CCCC(C)N(C)C(C)CC(=N)N. The van der Waals surface area contributed by atoms with Crippen LogP contribution in [0, 0.1) is 5.41 Å². The maximum Gasteiger partial charge on any atom is 0.0920 e. The van der Waals surface area contributed by atoms with E-state index >= 15 is 0 Å². The zero-order valence-corrected chi connectivity index (χ0v) is 9.30. The fourth-order valence-corrected chi connectivity index (χ4v) is 1.52. The summed E-state index contributed by atoms with van der Waals surface area (Å²) in [4.78, 5) is 2.30. The summed E-state index contributed by atoms with van der Waals surface area (Å²) >= 11 is 0. The van der Waals surface area contributed by atoms with Crippen LogP contribution >= 0.6 is 0 Å². The van der Waals surface area contributed by atoms with E-state index in [9.17, 15) is 0 Å². The summed E-state index contributed by atoms with van der Waals surface area (Å²) in [6, 6.07) is 0.957. The third-order valence-corrected chi connectivity index (χ3v) is 2.61. The van der Waals surface area contributed by atoms with Gasteiger partial charge in [0.25, 0.3) is 0 Å². The summed E-state index contributed by atoms with van der Waals surface area (Å²) in [6.07, 6.45) is 3.08. The Labute approximate surface area is 81.8 Å². The lowest BCUT2D eigenvalue weighted by Crippen LogP contribution is -2.38. The zero-order valence-electron chi connectivity index (χ0n) is 9.30. The van der Waals surface area contributed by atoms with Crippen LogP contribution < -0.4 is 5.73 Å². The minimum atomic E-state index is 0.281. The highest BCUT2D eigenvalue weighted by Crippen LogP contribution is 2.10. The fourth-order valence-electron chi connectivity index (χ4n) is 1.52. The molecule has 0 aromatic rings. The van der Waals surface area contributed by atoms with Gasteiger partial charge in [-0.05, 0) is 27.3 Å². The molecule has 0 rings (SSSR count). The van der Waals surface area contributed by atoms with Gasteiger partial charge >= 0.3 is 0 Å². The molecular weight excluding hydrogens is 162 g/mol. The fraction of sp³-hybridized carbons (Fsp3) is 0.900. The van der Waals surface area contributed by atoms with E-state index < -0.39 is 0 Å². The number of nitrogens with two attached hydrogens (primary N) is 1. The second kappa shape index (κ2) is 5.97. The highest BCUT2D eigenvalue weighted by atomic mass is 15.1. The molecule has 78 valence electrons. The van der Waals surface area contributed by atoms with Gasteiger partial charge in [-0.1, -0.05) is 13.3 Å². The Morgan fingerprint density at radius 3 is 2.31 bits per heavy atom. The first-order valence-corrected chi connectivity index (χ1v) is 5.03. The van der Waals surface area contributed by atoms with Crippen molar-refractivity contribution < 1.29 is 0 Å². The summed E-state index contributed by atoms with van der Waals surface area (Å²) < 4.78 is 0. The van der Waals surface area contributed by atoms with Crippen LogP contribution in [0.4, 0.5) is 0 Å². The molecule has 0 radical (unpaired) electrons. The average molecular weight is 185 g/mol. The Hall–Kier alpha value is -0.570. The van der Waals surface area contributed by atoms with E-state index in [-0.39, 0.29) is 5.84 Å². The first-order chi connectivity index (χ1) is 5.99. The molecule has 3 nitrogen and oxygen atoms in total. The van der Waals surface area contributed by atoms with Gasteiger partial charge in [-0.25, -0.2) is 0 Å². The number of nitrogens with zero attached hydrogens (tertiary/aromatic N) is 1. The van der Waals surface area contributed by atoms with Crippen molar-refractivity contribution in [2.75, 3.05) is 7.05 Å². The standard InChI is InChI=1S/C10H23N3/c1-5-6-8(2)13(4)9(3)7-10(11)12/h8-9H,5-7H2,1-4H3,(H3,11,12). The lowest BCUT2D eigenvalue weighted by atomic mass is 10.1. The molecule has 0 amide bonds. The van der Waals surface area contributed by atoms with Crippen molar-refractivity contribution in [2.24, 2.45) is 5.73 Å². The van der Waals surface area contributed by atoms with E-state index in [1.165, 1.54) is 12.8 Å². The molecule has 0 bridgehead atoms. The number of nitrogens with one attached hydrogen (secondary N) is 1. The molecule has 0 aliphatic heterocycles. The molecule has 2 unspecified atom stereocenters. The maximum atomic E-state index is 7.21. The van der Waals surface area contributed by atoms with Crippen LogP contribution in [0.15, 0.2) is 0 Å². The zero-order chi connectivity index (χ0) is 10.4. The Morgan fingerprint density at radius 1 is 1.38 bits per heavy atom. The van der Waals surface area contributed by atoms with Crippen molar-refractivity contribution in [3.63, 3.8) is 0 Å². The van der Waals surface area contributed by atoms with E-state index in [0.29, 0.717) is 18.5 Å². The van der Waals surface area contributed by atoms with E-state index in [4.69, 9.17) is 11.1 Å². The number of rotatable bonds is 6. The molecule has 0 spiro atoms. The monoisotopic (exact) mass is 185 g/mol. The van der Waals surface area contributed by atoms with Gasteiger partial charge in [0.2, 0.25) is 0 Å².